The summed E-state index contributed by atoms with van der Waals surface area (Å²) < 4.78 is 6.15. The summed E-state index contributed by atoms with van der Waals surface area (Å²) in [5.74, 6) is 0.970. The average molecular weight is 389 g/mol. The number of ether oxygens (including phenoxy) is 1. The van der Waals surface area contributed by atoms with Crippen LogP contribution in [0.5, 0.6) is 5.75 Å². The van der Waals surface area contributed by atoms with Crippen molar-refractivity contribution in [3.05, 3.63) is 65.7 Å². The molecule has 1 N–H and O–H groups in total. The minimum Gasteiger partial charge on any atom is -0.492 e. The van der Waals surface area contributed by atoms with Crippen LogP contribution in [-0.2, 0) is 11.2 Å². The Hall–Kier alpha value is -2.84. The molecule has 2 fully saturated rings. The van der Waals surface area contributed by atoms with E-state index in [1.165, 1.54) is 11.1 Å². The van der Waals surface area contributed by atoms with Crippen molar-refractivity contribution < 1.29 is 9.53 Å². The normalized spacial score (nSPS) is 23.7. The molecule has 3 atom stereocenters. The van der Waals surface area contributed by atoms with E-state index in [2.05, 4.69) is 41.7 Å². The van der Waals surface area contributed by atoms with Gasteiger partial charge in [0.2, 0.25) is 5.91 Å². The molecule has 2 aliphatic rings. The highest BCUT2D eigenvalue weighted by Crippen LogP contribution is 2.24. The van der Waals surface area contributed by atoms with Gasteiger partial charge in [0.05, 0.1) is 12.1 Å². The molecule has 2 heterocycles. The third-order valence-corrected chi connectivity index (χ3v) is 5.87. The van der Waals surface area contributed by atoms with Gasteiger partial charge in [-0.1, -0.05) is 48.5 Å². The van der Waals surface area contributed by atoms with Gasteiger partial charge in [0.25, 0.3) is 0 Å². The van der Waals surface area contributed by atoms with Gasteiger partial charge >= 0.3 is 0 Å². The molecule has 0 aromatic heterocycles. The summed E-state index contributed by atoms with van der Waals surface area (Å²) in [4.78, 5) is 14.5. The van der Waals surface area contributed by atoms with E-state index in [0.29, 0.717) is 13.2 Å². The van der Waals surface area contributed by atoms with Crippen LogP contribution in [0.4, 0.5) is 0 Å². The number of hydrogen-bond donors (Lipinski definition) is 1. The molecule has 1 amide bonds. The van der Waals surface area contributed by atoms with E-state index in [9.17, 15) is 10.1 Å². The van der Waals surface area contributed by atoms with Crippen molar-refractivity contribution in [3.8, 4) is 11.8 Å². The van der Waals surface area contributed by atoms with E-state index in [-0.39, 0.29) is 24.0 Å². The fourth-order valence-electron chi connectivity index (χ4n) is 4.31. The number of carbonyl (C=O) groups is 1. The molecular weight excluding hydrogens is 362 g/mol. The zero-order chi connectivity index (χ0) is 20.1. The molecule has 5 nitrogen and oxygen atoms in total. The van der Waals surface area contributed by atoms with Crippen LogP contribution in [0, 0.1) is 11.3 Å². The lowest BCUT2D eigenvalue weighted by Gasteiger charge is -2.24. The van der Waals surface area contributed by atoms with Crippen molar-refractivity contribution in [2.75, 3.05) is 13.2 Å². The van der Waals surface area contributed by atoms with Gasteiger partial charge in [0.1, 0.15) is 18.4 Å². The molecule has 0 bridgehead atoms. The predicted molar refractivity (Wildman–Crippen MR) is 111 cm³/mol. The molecule has 5 heteroatoms. The fraction of sp³-hybridized carbons (Fsp3) is 0.417. The SMILES string of the molecule is N#CC1CCCN1C(=O)C1CCC(COc2ccccc2Cc2ccccc2)N1. The molecule has 2 aliphatic heterocycles. The van der Waals surface area contributed by atoms with Crippen molar-refractivity contribution in [2.45, 2.75) is 50.2 Å². The highest BCUT2D eigenvalue weighted by molar-refractivity contribution is 5.83. The molecule has 2 aromatic carbocycles. The maximum absolute atomic E-state index is 12.8. The van der Waals surface area contributed by atoms with Crippen molar-refractivity contribution in [1.82, 2.24) is 10.2 Å². The number of nitriles is 1. The Morgan fingerprint density at radius 1 is 1.10 bits per heavy atom. The molecule has 0 aliphatic carbocycles. The van der Waals surface area contributed by atoms with Crippen LogP contribution < -0.4 is 10.1 Å². The highest BCUT2D eigenvalue weighted by Gasteiger charge is 2.36. The highest BCUT2D eigenvalue weighted by atomic mass is 16.5. The predicted octanol–water partition coefficient (Wildman–Crippen LogP) is 3.29. The van der Waals surface area contributed by atoms with Crippen LogP contribution in [-0.4, -0.2) is 42.1 Å². The van der Waals surface area contributed by atoms with E-state index >= 15 is 0 Å². The lowest BCUT2D eigenvalue weighted by atomic mass is 10.0. The number of benzene rings is 2. The fourth-order valence-corrected chi connectivity index (χ4v) is 4.31. The Bertz CT molecular complexity index is 877. The monoisotopic (exact) mass is 389 g/mol. The largest absolute Gasteiger partial charge is 0.492 e. The lowest BCUT2D eigenvalue weighted by Crippen LogP contribution is -2.47. The van der Waals surface area contributed by atoms with Crippen LogP contribution in [0.25, 0.3) is 0 Å². The van der Waals surface area contributed by atoms with E-state index < -0.39 is 0 Å². The number of carbonyl (C=O) groups excluding carboxylic acids is 1. The number of nitrogens with zero attached hydrogens (tertiary/aromatic N) is 2. The van der Waals surface area contributed by atoms with Gasteiger partial charge in [-0.05, 0) is 42.9 Å². The quantitative estimate of drug-likeness (QED) is 0.823. The van der Waals surface area contributed by atoms with Crippen LogP contribution in [0.15, 0.2) is 54.6 Å². The van der Waals surface area contributed by atoms with Crippen LogP contribution >= 0.6 is 0 Å². The summed E-state index contributed by atoms with van der Waals surface area (Å²) in [5, 5.41) is 12.7. The van der Waals surface area contributed by atoms with Gasteiger partial charge < -0.3 is 9.64 Å². The van der Waals surface area contributed by atoms with Gasteiger partial charge in [0.15, 0.2) is 0 Å². The summed E-state index contributed by atoms with van der Waals surface area (Å²) in [7, 11) is 0. The van der Waals surface area contributed by atoms with Gasteiger partial charge in [-0.2, -0.15) is 5.26 Å². The Morgan fingerprint density at radius 2 is 1.90 bits per heavy atom. The maximum atomic E-state index is 12.8. The summed E-state index contributed by atoms with van der Waals surface area (Å²) in [6.45, 7) is 1.24. The van der Waals surface area contributed by atoms with E-state index in [4.69, 9.17) is 4.74 Å². The smallest absolute Gasteiger partial charge is 0.240 e. The van der Waals surface area contributed by atoms with Crippen LogP contribution in [0.2, 0.25) is 0 Å². The first-order chi connectivity index (χ1) is 14.2. The number of rotatable bonds is 6. The Kier molecular flexibility index (Phi) is 6.12. The second-order valence-corrected chi connectivity index (χ2v) is 7.89. The standard InChI is InChI=1S/C24H27N3O2/c25-16-21-10-6-14-27(21)24(28)22-13-12-20(26-22)17-29-23-11-5-4-9-19(23)15-18-7-2-1-3-8-18/h1-5,7-9,11,20-22,26H,6,10,12-15,17H2. The van der Waals surface area contributed by atoms with Crippen molar-refractivity contribution in [2.24, 2.45) is 0 Å². The molecule has 4 rings (SSSR count). The third kappa shape index (κ3) is 4.60. The van der Waals surface area contributed by atoms with Gasteiger partial charge in [-0.3, -0.25) is 10.1 Å². The molecule has 0 spiro atoms. The first kappa shape index (κ1) is 19.5. The number of para-hydroxylation sites is 1. The van der Waals surface area contributed by atoms with Crippen LogP contribution in [0.1, 0.15) is 36.8 Å². The van der Waals surface area contributed by atoms with Crippen molar-refractivity contribution in [1.29, 1.82) is 5.26 Å². The first-order valence-electron chi connectivity index (χ1n) is 10.5. The third-order valence-electron chi connectivity index (χ3n) is 5.87. The zero-order valence-electron chi connectivity index (χ0n) is 16.6. The van der Waals surface area contributed by atoms with Crippen molar-refractivity contribution >= 4 is 5.91 Å². The zero-order valence-corrected chi connectivity index (χ0v) is 16.6. The lowest BCUT2D eigenvalue weighted by molar-refractivity contribution is -0.133. The van der Waals surface area contributed by atoms with Gasteiger partial charge in [0, 0.05) is 19.0 Å². The first-order valence-corrected chi connectivity index (χ1v) is 10.5. The van der Waals surface area contributed by atoms with Crippen molar-refractivity contribution in [3.63, 3.8) is 0 Å². The topological polar surface area (TPSA) is 65.4 Å². The van der Waals surface area contributed by atoms with Gasteiger partial charge in [-0.15, -0.1) is 0 Å². The number of likely N-dealkylation sites (tertiary alicyclic amines) is 1. The number of amides is 1. The molecule has 150 valence electrons. The minimum atomic E-state index is -0.260. The molecular formula is C24H27N3O2. The molecule has 2 saturated heterocycles. The number of hydrogen-bond acceptors (Lipinski definition) is 4. The Labute approximate surface area is 172 Å². The second-order valence-electron chi connectivity index (χ2n) is 7.89. The Balaban J connectivity index is 1.33. The average Bonchev–Trinajstić information content (AvgIpc) is 3.43. The summed E-state index contributed by atoms with van der Waals surface area (Å²) in [6, 6.07) is 20.5. The summed E-state index contributed by atoms with van der Waals surface area (Å²) >= 11 is 0. The summed E-state index contributed by atoms with van der Waals surface area (Å²) in [6.07, 6.45) is 4.25. The second kappa shape index (κ2) is 9.11. The molecule has 29 heavy (non-hydrogen) atoms. The summed E-state index contributed by atoms with van der Waals surface area (Å²) in [5.41, 5.74) is 2.42. The van der Waals surface area contributed by atoms with Gasteiger partial charge in [-0.25, -0.2) is 0 Å². The molecule has 0 radical (unpaired) electrons. The minimum absolute atomic E-state index is 0.0704. The number of nitrogens with one attached hydrogen (secondary N) is 1. The van der Waals surface area contributed by atoms with E-state index in [1.54, 1.807) is 4.90 Å². The molecule has 3 unspecified atom stereocenters. The van der Waals surface area contributed by atoms with Crippen LogP contribution in [0.3, 0.4) is 0 Å². The van der Waals surface area contributed by atoms with E-state index in [1.807, 2.05) is 24.3 Å². The van der Waals surface area contributed by atoms with E-state index in [0.717, 1.165) is 37.9 Å². The molecule has 0 saturated carbocycles. The Morgan fingerprint density at radius 3 is 2.72 bits per heavy atom. The molecule has 2 aromatic rings. The maximum Gasteiger partial charge on any atom is 0.240 e.